The van der Waals surface area contributed by atoms with Crippen LogP contribution < -0.4 is 0 Å². The lowest BCUT2D eigenvalue weighted by molar-refractivity contribution is 0.0905. The van der Waals surface area contributed by atoms with Gasteiger partial charge in [-0.05, 0) is 18.6 Å². The van der Waals surface area contributed by atoms with Gasteiger partial charge in [-0.1, -0.05) is 30.7 Å². The summed E-state index contributed by atoms with van der Waals surface area (Å²) >= 11 is 0. The summed E-state index contributed by atoms with van der Waals surface area (Å²) in [5.41, 5.74) is 1.90. The third-order valence-electron chi connectivity index (χ3n) is 1.96. The van der Waals surface area contributed by atoms with Crippen molar-refractivity contribution in [3.8, 4) is 0 Å². The van der Waals surface area contributed by atoms with Crippen LogP contribution in [0, 0.1) is 0 Å². The molecule has 1 heterocycles. The fraction of sp³-hybridized carbons (Fsp3) is 0.364. The van der Waals surface area contributed by atoms with Crippen molar-refractivity contribution in [3.63, 3.8) is 0 Å². The highest BCUT2D eigenvalue weighted by molar-refractivity contribution is 5.72. The lowest BCUT2D eigenvalue weighted by atomic mass is 10.3. The zero-order valence-corrected chi connectivity index (χ0v) is 9.59. The third-order valence-corrected chi connectivity index (χ3v) is 1.96. The molecule has 0 aliphatic rings. The molecule has 0 saturated heterocycles. The van der Waals surface area contributed by atoms with Crippen LogP contribution >= 0.6 is 0 Å². The number of aromatic nitrogens is 3. The maximum Gasteiger partial charge on any atom is 0.505 e. The summed E-state index contributed by atoms with van der Waals surface area (Å²) < 4.78 is 4.20. The second kappa shape index (κ2) is 7.21. The Morgan fingerprint density at radius 1 is 1.47 bits per heavy atom. The Balaban J connectivity index is 0.000000172. The predicted octanol–water partition coefficient (Wildman–Crippen LogP) is 2.44. The van der Waals surface area contributed by atoms with E-state index in [0.29, 0.717) is 6.61 Å². The van der Waals surface area contributed by atoms with Gasteiger partial charge in [0.25, 0.3) is 0 Å². The van der Waals surface area contributed by atoms with Crippen LogP contribution in [0.4, 0.5) is 4.79 Å². The molecule has 1 aromatic heterocycles. The number of H-pyrrole nitrogens is 1. The second-order valence-electron chi connectivity index (χ2n) is 3.30. The van der Waals surface area contributed by atoms with Crippen LogP contribution in [-0.2, 0) is 4.74 Å². The second-order valence-corrected chi connectivity index (χ2v) is 3.30. The Morgan fingerprint density at radius 3 is 2.88 bits per heavy atom. The minimum absolute atomic E-state index is 0.325. The summed E-state index contributed by atoms with van der Waals surface area (Å²) in [4.78, 5) is 9.65. The zero-order chi connectivity index (χ0) is 12.5. The van der Waals surface area contributed by atoms with Crippen LogP contribution in [0.1, 0.15) is 19.8 Å². The first-order chi connectivity index (χ1) is 8.24. The molecule has 92 valence electrons. The SMILES string of the molecule is CCCCOC(=O)O.c1ccc2[nH]nnc2c1. The number of nitrogens with one attached hydrogen (secondary N) is 1. The summed E-state index contributed by atoms with van der Waals surface area (Å²) in [6.45, 7) is 2.30. The van der Waals surface area contributed by atoms with Crippen molar-refractivity contribution in [2.45, 2.75) is 19.8 Å². The van der Waals surface area contributed by atoms with E-state index in [1.54, 1.807) is 0 Å². The lowest BCUT2D eigenvalue weighted by Gasteiger charge is -1.94. The number of para-hydroxylation sites is 1. The van der Waals surface area contributed by atoms with Gasteiger partial charge in [-0.25, -0.2) is 4.79 Å². The van der Waals surface area contributed by atoms with E-state index in [1.165, 1.54) is 0 Å². The number of hydrogen-bond acceptors (Lipinski definition) is 4. The van der Waals surface area contributed by atoms with Gasteiger partial charge in [0, 0.05) is 0 Å². The number of rotatable bonds is 3. The number of ether oxygens (including phenoxy) is 1. The summed E-state index contributed by atoms with van der Waals surface area (Å²) in [6.07, 6.45) is 0.595. The number of unbranched alkanes of at least 4 members (excludes halogenated alkanes) is 1. The van der Waals surface area contributed by atoms with Crippen molar-refractivity contribution in [1.29, 1.82) is 0 Å². The summed E-state index contributed by atoms with van der Waals surface area (Å²) in [5.74, 6) is 0. The van der Waals surface area contributed by atoms with Gasteiger partial charge in [-0.3, -0.25) is 5.10 Å². The van der Waals surface area contributed by atoms with E-state index in [2.05, 4.69) is 20.1 Å². The minimum atomic E-state index is -1.18. The molecule has 0 saturated carbocycles. The van der Waals surface area contributed by atoms with Gasteiger partial charge in [0.1, 0.15) is 5.52 Å². The molecule has 2 rings (SSSR count). The number of carbonyl (C=O) groups is 1. The number of benzene rings is 1. The molecule has 0 spiro atoms. The highest BCUT2D eigenvalue weighted by atomic mass is 16.7. The molecule has 0 radical (unpaired) electrons. The Labute approximate surface area is 98.6 Å². The molecule has 0 amide bonds. The van der Waals surface area contributed by atoms with E-state index in [-0.39, 0.29) is 0 Å². The molecule has 0 fully saturated rings. The van der Waals surface area contributed by atoms with Crippen LogP contribution in [0.15, 0.2) is 24.3 Å². The molecule has 2 N–H and O–H groups in total. The number of aromatic amines is 1. The number of carboxylic acid groups (broad SMARTS) is 1. The standard InChI is InChI=1S/C6H5N3.C5H10O3/c1-2-4-6-5(3-1)7-9-8-6;1-2-3-4-8-5(6)7/h1-4H,(H,7,8,9);2-4H2,1H3,(H,6,7). The maximum absolute atomic E-state index is 9.65. The molecule has 0 bridgehead atoms. The predicted molar refractivity (Wildman–Crippen MR) is 62.8 cm³/mol. The summed E-state index contributed by atoms with van der Waals surface area (Å²) in [6, 6.07) is 7.74. The zero-order valence-electron chi connectivity index (χ0n) is 9.59. The van der Waals surface area contributed by atoms with Crippen LogP contribution in [0.5, 0.6) is 0 Å². The van der Waals surface area contributed by atoms with Gasteiger partial charge in [0.2, 0.25) is 0 Å². The van der Waals surface area contributed by atoms with E-state index in [4.69, 9.17) is 5.11 Å². The number of nitrogens with zero attached hydrogens (tertiary/aromatic N) is 2. The summed E-state index contributed by atoms with van der Waals surface area (Å²) in [7, 11) is 0. The molecule has 6 heteroatoms. The molecular formula is C11H15N3O3. The number of fused-ring (bicyclic) bond motifs is 1. The van der Waals surface area contributed by atoms with Crippen LogP contribution in [0.3, 0.4) is 0 Å². The Morgan fingerprint density at radius 2 is 2.24 bits per heavy atom. The first kappa shape index (κ1) is 13.0. The average Bonchev–Trinajstić information content (AvgIpc) is 2.78. The van der Waals surface area contributed by atoms with Gasteiger partial charge in [0.15, 0.2) is 0 Å². The van der Waals surface area contributed by atoms with E-state index in [0.717, 1.165) is 23.9 Å². The van der Waals surface area contributed by atoms with Crippen molar-refractivity contribution in [2.75, 3.05) is 6.61 Å². The summed E-state index contributed by atoms with van der Waals surface area (Å²) in [5, 5.41) is 18.1. The molecule has 17 heavy (non-hydrogen) atoms. The maximum atomic E-state index is 9.65. The van der Waals surface area contributed by atoms with E-state index in [1.807, 2.05) is 31.2 Å². The molecular weight excluding hydrogens is 222 g/mol. The van der Waals surface area contributed by atoms with Crippen molar-refractivity contribution < 1.29 is 14.6 Å². The van der Waals surface area contributed by atoms with Crippen molar-refractivity contribution >= 4 is 17.2 Å². The first-order valence-corrected chi connectivity index (χ1v) is 5.35. The van der Waals surface area contributed by atoms with Crippen LogP contribution in [-0.4, -0.2) is 33.3 Å². The largest absolute Gasteiger partial charge is 0.505 e. The van der Waals surface area contributed by atoms with Gasteiger partial charge >= 0.3 is 6.16 Å². The third kappa shape index (κ3) is 4.96. The normalized spacial score (nSPS) is 9.47. The average molecular weight is 237 g/mol. The molecule has 0 atom stereocenters. The molecule has 6 nitrogen and oxygen atoms in total. The van der Waals surface area contributed by atoms with Crippen LogP contribution in [0.2, 0.25) is 0 Å². The monoisotopic (exact) mass is 237 g/mol. The van der Waals surface area contributed by atoms with Crippen molar-refractivity contribution in [1.82, 2.24) is 15.4 Å². The van der Waals surface area contributed by atoms with Crippen molar-refractivity contribution in [2.24, 2.45) is 0 Å². The fourth-order valence-corrected chi connectivity index (χ4v) is 1.09. The first-order valence-electron chi connectivity index (χ1n) is 5.35. The van der Waals surface area contributed by atoms with E-state index >= 15 is 0 Å². The highest BCUT2D eigenvalue weighted by Gasteiger charge is 1.91. The minimum Gasteiger partial charge on any atom is -0.450 e. The van der Waals surface area contributed by atoms with Gasteiger partial charge < -0.3 is 9.84 Å². The Hall–Kier alpha value is -2.11. The number of hydrogen-bond donors (Lipinski definition) is 2. The Kier molecular flexibility index (Phi) is 5.50. The molecule has 0 unspecified atom stereocenters. The molecule has 0 aliphatic heterocycles. The molecule has 0 aliphatic carbocycles. The lowest BCUT2D eigenvalue weighted by Crippen LogP contribution is -2.00. The van der Waals surface area contributed by atoms with Gasteiger partial charge in [-0.15, -0.1) is 5.10 Å². The van der Waals surface area contributed by atoms with E-state index < -0.39 is 6.16 Å². The van der Waals surface area contributed by atoms with Crippen molar-refractivity contribution in [3.05, 3.63) is 24.3 Å². The molecule has 1 aromatic carbocycles. The van der Waals surface area contributed by atoms with Gasteiger partial charge in [-0.2, -0.15) is 0 Å². The fourth-order valence-electron chi connectivity index (χ4n) is 1.09. The van der Waals surface area contributed by atoms with E-state index in [9.17, 15) is 4.79 Å². The highest BCUT2D eigenvalue weighted by Crippen LogP contribution is 2.03. The smallest absolute Gasteiger partial charge is 0.450 e. The molecule has 2 aromatic rings. The quantitative estimate of drug-likeness (QED) is 0.632. The van der Waals surface area contributed by atoms with Crippen LogP contribution in [0.25, 0.3) is 11.0 Å². The topological polar surface area (TPSA) is 88.1 Å². The Bertz CT molecular complexity index is 426. The van der Waals surface area contributed by atoms with Gasteiger partial charge in [0.05, 0.1) is 12.1 Å².